The number of fused-ring (bicyclic) bond motifs is 1. The van der Waals surface area contributed by atoms with Crippen LogP contribution < -0.4 is 4.72 Å². The number of rotatable bonds is 3. The number of hydrogen-bond donors (Lipinski definition) is 1. The van der Waals surface area contributed by atoms with Gasteiger partial charge in [0.15, 0.2) is 0 Å². The highest BCUT2D eigenvalue weighted by molar-refractivity contribution is 7.89. The minimum Gasteiger partial charge on any atom is -0.338 e. The Balaban J connectivity index is 2.27. The summed E-state index contributed by atoms with van der Waals surface area (Å²) < 4.78 is 25.4. The van der Waals surface area contributed by atoms with E-state index in [1.807, 2.05) is 16.9 Å². The highest BCUT2D eigenvalue weighted by Gasteiger charge is 2.10. The highest BCUT2D eigenvalue weighted by atomic mass is 35.5. The van der Waals surface area contributed by atoms with Gasteiger partial charge in [-0.1, -0.05) is 17.7 Å². The fourth-order valence-electron chi connectivity index (χ4n) is 1.69. The Morgan fingerprint density at radius 1 is 1.39 bits per heavy atom. The van der Waals surface area contributed by atoms with Crippen LogP contribution in [0, 0.1) is 0 Å². The van der Waals surface area contributed by atoms with E-state index in [1.165, 1.54) is 0 Å². The number of nitrogens with zero attached hydrogens (tertiary/aromatic N) is 1. The number of nitrogens with one attached hydrogen (secondary N) is 1. The third-order valence-electron chi connectivity index (χ3n) is 2.35. The van der Waals surface area contributed by atoms with E-state index in [9.17, 15) is 13.2 Å². The van der Waals surface area contributed by atoms with Crippen molar-refractivity contribution in [2.75, 3.05) is 6.26 Å². The summed E-state index contributed by atoms with van der Waals surface area (Å²) >= 11 is 5.88. The van der Waals surface area contributed by atoms with Crippen LogP contribution in [0.5, 0.6) is 0 Å². The highest BCUT2D eigenvalue weighted by Crippen LogP contribution is 2.20. The van der Waals surface area contributed by atoms with Crippen molar-refractivity contribution in [1.82, 2.24) is 9.29 Å². The second-order valence-electron chi connectivity index (χ2n) is 3.94. The molecule has 1 heterocycles. The molecule has 1 amide bonds. The number of amides is 1. The molecular weight excluding hydrogens is 276 g/mol. The molecule has 0 spiro atoms. The summed E-state index contributed by atoms with van der Waals surface area (Å²) in [7, 11) is -3.53. The molecule has 0 aliphatic carbocycles. The van der Waals surface area contributed by atoms with E-state index < -0.39 is 15.9 Å². The minimum absolute atomic E-state index is 0.0725. The molecule has 0 atom stereocenters. The third-order valence-corrected chi connectivity index (χ3v) is 3.18. The number of sulfonamides is 1. The van der Waals surface area contributed by atoms with Crippen LogP contribution in [0.2, 0.25) is 5.02 Å². The SMILES string of the molecule is CS(=O)(=O)NC(=O)Cn1ccc2ccc(Cl)cc21. The quantitative estimate of drug-likeness (QED) is 0.926. The van der Waals surface area contributed by atoms with Gasteiger partial charge in [0.05, 0.1) is 6.26 Å². The second kappa shape index (κ2) is 4.62. The molecule has 18 heavy (non-hydrogen) atoms. The molecule has 0 bridgehead atoms. The molecule has 0 saturated heterocycles. The number of carbonyl (C=O) groups excluding carboxylic acids is 1. The van der Waals surface area contributed by atoms with E-state index in [4.69, 9.17) is 11.6 Å². The van der Waals surface area contributed by atoms with Gasteiger partial charge in [-0.25, -0.2) is 8.42 Å². The molecule has 2 aromatic rings. The molecule has 5 nitrogen and oxygen atoms in total. The Bertz CT molecular complexity index is 706. The van der Waals surface area contributed by atoms with Gasteiger partial charge in [-0.15, -0.1) is 0 Å². The van der Waals surface area contributed by atoms with Gasteiger partial charge in [0.1, 0.15) is 6.54 Å². The van der Waals surface area contributed by atoms with Gasteiger partial charge in [0.25, 0.3) is 5.91 Å². The largest absolute Gasteiger partial charge is 0.338 e. The number of benzene rings is 1. The van der Waals surface area contributed by atoms with Gasteiger partial charge in [0, 0.05) is 16.7 Å². The lowest BCUT2D eigenvalue weighted by atomic mass is 10.2. The zero-order chi connectivity index (χ0) is 13.3. The predicted molar refractivity (Wildman–Crippen MR) is 69.9 cm³/mol. The molecule has 0 unspecified atom stereocenters. The van der Waals surface area contributed by atoms with E-state index in [0.29, 0.717) is 5.02 Å². The summed E-state index contributed by atoms with van der Waals surface area (Å²) in [6.45, 7) is -0.0725. The van der Waals surface area contributed by atoms with E-state index in [-0.39, 0.29) is 6.54 Å². The van der Waals surface area contributed by atoms with Crippen LogP contribution in [-0.4, -0.2) is 25.1 Å². The first-order valence-corrected chi connectivity index (χ1v) is 7.37. The zero-order valence-electron chi connectivity index (χ0n) is 9.55. The van der Waals surface area contributed by atoms with Crippen LogP contribution in [-0.2, 0) is 21.4 Å². The summed E-state index contributed by atoms with van der Waals surface area (Å²) in [6, 6.07) is 7.15. The molecule has 1 aromatic heterocycles. The van der Waals surface area contributed by atoms with Crippen molar-refractivity contribution in [3.05, 3.63) is 35.5 Å². The van der Waals surface area contributed by atoms with Gasteiger partial charge < -0.3 is 4.57 Å². The van der Waals surface area contributed by atoms with Crippen LogP contribution in [0.25, 0.3) is 10.9 Å². The molecule has 7 heteroatoms. The maximum atomic E-state index is 11.5. The van der Waals surface area contributed by atoms with Crippen molar-refractivity contribution in [1.29, 1.82) is 0 Å². The lowest BCUT2D eigenvalue weighted by molar-refractivity contribution is -0.119. The van der Waals surface area contributed by atoms with Crippen molar-refractivity contribution in [2.45, 2.75) is 6.54 Å². The summed E-state index contributed by atoms with van der Waals surface area (Å²) in [6.07, 6.45) is 2.65. The molecule has 2 rings (SSSR count). The van der Waals surface area contributed by atoms with Gasteiger partial charge in [-0.2, -0.15) is 0 Å². The number of aromatic nitrogens is 1. The summed E-state index contributed by atoms with van der Waals surface area (Å²) in [5.41, 5.74) is 0.783. The maximum Gasteiger partial charge on any atom is 0.253 e. The summed E-state index contributed by atoms with van der Waals surface area (Å²) in [5.74, 6) is -0.588. The number of hydrogen-bond acceptors (Lipinski definition) is 3. The number of halogens is 1. The Kier molecular flexibility index (Phi) is 3.32. The molecule has 0 fully saturated rings. The molecule has 0 radical (unpaired) electrons. The standard InChI is InChI=1S/C11H11ClN2O3S/c1-18(16,17)13-11(15)7-14-5-4-8-2-3-9(12)6-10(8)14/h2-6H,7H2,1H3,(H,13,15). The lowest BCUT2D eigenvalue weighted by Crippen LogP contribution is -2.32. The molecule has 0 aliphatic heterocycles. The minimum atomic E-state index is -3.53. The average molecular weight is 287 g/mol. The van der Waals surface area contributed by atoms with E-state index in [1.54, 1.807) is 22.9 Å². The topological polar surface area (TPSA) is 68.2 Å². The zero-order valence-corrected chi connectivity index (χ0v) is 11.1. The van der Waals surface area contributed by atoms with Gasteiger partial charge in [0.2, 0.25) is 10.0 Å². The molecule has 0 saturated carbocycles. The van der Waals surface area contributed by atoms with E-state index >= 15 is 0 Å². The molecule has 96 valence electrons. The van der Waals surface area contributed by atoms with Gasteiger partial charge >= 0.3 is 0 Å². The van der Waals surface area contributed by atoms with Crippen molar-refractivity contribution in [3.63, 3.8) is 0 Å². The van der Waals surface area contributed by atoms with Crippen molar-refractivity contribution in [2.24, 2.45) is 0 Å². The Labute approximate surface area is 109 Å². The van der Waals surface area contributed by atoms with Crippen LogP contribution >= 0.6 is 11.6 Å². The normalized spacial score (nSPS) is 11.7. The Morgan fingerprint density at radius 2 is 2.11 bits per heavy atom. The van der Waals surface area contributed by atoms with E-state index in [2.05, 4.69) is 0 Å². The van der Waals surface area contributed by atoms with Crippen molar-refractivity contribution < 1.29 is 13.2 Å². The predicted octanol–water partition coefficient (Wildman–Crippen LogP) is 1.37. The van der Waals surface area contributed by atoms with Crippen LogP contribution in [0.15, 0.2) is 30.5 Å². The second-order valence-corrected chi connectivity index (χ2v) is 6.13. The first-order chi connectivity index (χ1) is 8.35. The summed E-state index contributed by atoms with van der Waals surface area (Å²) in [4.78, 5) is 11.5. The van der Waals surface area contributed by atoms with Crippen LogP contribution in [0.1, 0.15) is 0 Å². The smallest absolute Gasteiger partial charge is 0.253 e. The van der Waals surface area contributed by atoms with E-state index in [0.717, 1.165) is 17.2 Å². The molecule has 0 aliphatic rings. The van der Waals surface area contributed by atoms with Gasteiger partial charge in [-0.05, 0) is 23.6 Å². The molecular formula is C11H11ClN2O3S. The first-order valence-electron chi connectivity index (χ1n) is 5.10. The Hall–Kier alpha value is -1.53. The molecule has 1 aromatic carbocycles. The Morgan fingerprint density at radius 3 is 2.78 bits per heavy atom. The fraction of sp³-hybridized carbons (Fsp3) is 0.182. The van der Waals surface area contributed by atoms with Gasteiger partial charge in [-0.3, -0.25) is 9.52 Å². The van der Waals surface area contributed by atoms with Crippen LogP contribution in [0.4, 0.5) is 0 Å². The monoisotopic (exact) mass is 286 g/mol. The molecule has 1 N–H and O–H groups in total. The summed E-state index contributed by atoms with van der Waals surface area (Å²) in [5, 5.41) is 1.50. The van der Waals surface area contributed by atoms with Crippen LogP contribution in [0.3, 0.4) is 0 Å². The fourth-order valence-corrected chi connectivity index (χ4v) is 2.33. The lowest BCUT2D eigenvalue weighted by Gasteiger charge is -2.05. The maximum absolute atomic E-state index is 11.5. The average Bonchev–Trinajstić information content (AvgIpc) is 2.58. The third kappa shape index (κ3) is 3.02. The first kappa shape index (κ1) is 12.9. The number of carbonyl (C=O) groups is 1. The van der Waals surface area contributed by atoms with Crippen molar-refractivity contribution >= 4 is 38.4 Å². The van der Waals surface area contributed by atoms with Crippen molar-refractivity contribution in [3.8, 4) is 0 Å².